The third-order valence-electron chi connectivity index (χ3n) is 7.14. The molecule has 4 aromatic carbocycles. The number of furan rings is 2. The Hall–Kier alpha value is -5.22. The Morgan fingerprint density at radius 2 is 1.05 bits per heavy atom. The molecule has 4 heterocycles. The van der Waals surface area contributed by atoms with Gasteiger partial charge in [-0.15, -0.1) is 0 Å². The molecule has 0 radical (unpaired) electrons. The van der Waals surface area contributed by atoms with Crippen LogP contribution in [0.2, 0.25) is 0 Å². The minimum atomic E-state index is 0.858. The third-order valence-corrected chi connectivity index (χ3v) is 7.14. The summed E-state index contributed by atoms with van der Waals surface area (Å²) < 4.78 is 12.4. The number of pyridine rings is 2. The van der Waals surface area contributed by atoms with E-state index >= 15 is 0 Å². The van der Waals surface area contributed by atoms with Crippen LogP contribution in [0.5, 0.6) is 0 Å². The Kier molecular flexibility index (Phi) is 4.49. The molecule has 0 aliphatic heterocycles. The number of para-hydroxylation sites is 1. The molecular formula is C34H20N2O2. The number of nitrogens with zero attached hydrogens (tertiary/aromatic N) is 2. The van der Waals surface area contributed by atoms with Crippen LogP contribution in [0.25, 0.3) is 77.6 Å². The lowest BCUT2D eigenvalue weighted by Crippen LogP contribution is -1.90. The van der Waals surface area contributed by atoms with Gasteiger partial charge in [-0.25, -0.2) is 4.98 Å². The lowest BCUT2D eigenvalue weighted by atomic mass is 9.99. The maximum atomic E-state index is 6.26. The summed E-state index contributed by atoms with van der Waals surface area (Å²) in [6.45, 7) is 0. The van der Waals surface area contributed by atoms with Crippen LogP contribution >= 0.6 is 0 Å². The largest absolute Gasteiger partial charge is 0.456 e. The van der Waals surface area contributed by atoms with Gasteiger partial charge in [0.15, 0.2) is 0 Å². The molecule has 0 aliphatic carbocycles. The minimum absolute atomic E-state index is 0.858. The van der Waals surface area contributed by atoms with Gasteiger partial charge >= 0.3 is 0 Å². The normalized spacial score (nSPS) is 11.7. The van der Waals surface area contributed by atoms with Crippen LogP contribution < -0.4 is 0 Å². The second kappa shape index (κ2) is 8.15. The topological polar surface area (TPSA) is 52.1 Å². The summed E-state index contributed by atoms with van der Waals surface area (Å²) in [4.78, 5) is 9.34. The van der Waals surface area contributed by atoms with Crippen LogP contribution in [0.4, 0.5) is 0 Å². The van der Waals surface area contributed by atoms with Gasteiger partial charge in [-0.05, 0) is 71.8 Å². The summed E-state index contributed by atoms with van der Waals surface area (Å²) in [5, 5.41) is 4.29. The van der Waals surface area contributed by atoms with Crippen molar-refractivity contribution in [3.05, 3.63) is 121 Å². The molecule has 178 valence electrons. The average Bonchev–Trinajstić information content (AvgIpc) is 3.53. The Bertz CT molecular complexity index is 2140. The predicted molar refractivity (Wildman–Crippen MR) is 153 cm³/mol. The van der Waals surface area contributed by atoms with Crippen LogP contribution in [0.1, 0.15) is 0 Å². The number of rotatable bonds is 3. The lowest BCUT2D eigenvalue weighted by Gasteiger charge is -2.07. The Morgan fingerprint density at radius 1 is 0.395 bits per heavy atom. The van der Waals surface area contributed by atoms with Crippen molar-refractivity contribution < 1.29 is 8.83 Å². The molecule has 0 amide bonds. The summed E-state index contributed by atoms with van der Waals surface area (Å²) in [7, 11) is 0. The van der Waals surface area contributed by atoms with E-state index in [0.717, 1.165) is 77.6 Å². The lowest BCUT2D eigenvalue weighted by molar-refractivity contribution is 0.664. The highest BCUT2D eigenvalue weighted by Crippen LogP contribution is 2.38. The molecule has 0 aliphatic rings. The van der Waals surface area contributed by atoms with E-state index in [1.807, 2.05) is 54.6 Å². The highest BCUT2D eigenvalue weighted by atomic mass is 16.3. The van der Waals surface area contributed by atoms with Crippen LogP contribution in [0, 0.1) is 0 Å². The van der Waals surface area contributed by atoms with Crippen LogP contribution in [-0.4, -0.2) is 9.97 Å². The second-order valence-electron chi connectivity index (χ2n) is 9.46. The fourth-order valence-electron chi connectivity index (χ4n) is 5.28. The van der Waals surface area contributed by atoms with Gasteiger partial charge in [-0.3, -0.25) is 4.98 Å². The van der Waals surface area contributed by atoms with Crippen molar-refractivity contribution in [2.45, 2.75) is 0 Å². The van der Waals surface area contributed by atoms with Gasteiger partial charge in [0.05, 0.1) is 17.1 Å². The van der Waals surface area contributed by atoms with E-state index in [0.29, 0.717) is 0 Å². The second-order valence-corrected chi connectivity index (χ2v) is 9.46. The van der Waals surface area contributed by atoms with Crippen LogP contribution in [0.15, 0.2) is 130 Å². The Morgan fingerprint density at radius 3 is 1.92 bits per heavy atom. The summed E-state index contributed by atoms with van der Waals surface area (Å²) in [5.74, 6) is 0. The van der Waals surface area contributed by atoms with E-state index in [1.165, 1.54) is 0 Å². The van der Waals surface area contributed by atoms with Gasteiger partial charge in [0.1, 0.15) is 22.3 Å². The molecule has 0 saturated heterocycles. The van der Waals surface area contributed by atoms with Crippen molar-refractivity contribution >= 4 is 43.9 Å². The Balaban J connectivity index is 1.23. The van der Waals surface area contributed by atoms with Crippen LogP contribution in [-0.2, 0) is 0 Å². The molecule has 8 rings (SSSR count). The SMILES string of the molecule is c1ccc(-c2cccc(-c3cccc(-c4ccc5oc6cc7c(cc6c5c4)oc4ccccc47)c3)n2)nc1. The van der Waals surface area contributed by atoms with Gasteiger partial charge in [-0.2, -0.15) is 0 Å². The molecular weight excluding hydrogens is 468 g/mol. The zero-order valence-corrected chi connectivity index (χ0v) is 20.3. The molecule has 0 fully saturated rings. The smallest absolute Gasteiger partial charge is 0.136 e. The standard InChI is InChI=1S/C34H20N2O2/c1-2-13-31-24(9-1)26-19-34-27(20-33(26)37-31)25-18-22(14-15-32(25)38-34)21-7-5-8-23(17-21)28-11-6-12-30(36-28)29-10-3-4-16-35-29/h1-20H. The van der Waals surface area contributed by atoms with Crippen molar-refractivity contribution in [3.8, 4) is 33.8 Å². The molecule has 4 aromatic heterocycles. The molecule has 0 unspecified atom stereocenters. The molecule has 0 bridgehead atoms. The third kappa shape index (κ3) is 3.31. The molecule has 0 N–H and O–H groups in total. The van der Waals surface area contributed by atoms with Crippen molar-refractivity contribution in [3.63, 3.8) is 0 Å². The highest BCUT2D eigenvalue weighted by Gasteiger charge is 2.14. The average molecular weight is 489 g/mol. The first-order chi connectivity index (χ1) is 18.8. The maximum Gasteiger partial charge on any atom is 0.136 e. The quantitative estimate of drug-likeness (QED) is 0.249. The van der Waals surface area contributed by atoms with Gasteiger partial charge in [0.2, 0.25) is 0 Å². The maximum absolute atomic E-state index is 6.26. The number of benzene rings is 4. The van der Waals surface area contributed by atoms with Gasteiger partial charge < -0.3 is 8.83 Å². The first kappa shape index (κ1) is 20.9. The van der Waals surface area contributed by atoms with E-state index in [9.17, 15) is 0 Å². The fraction of sp³-hybridized carbons (Fsp3) is 0. The van der Waals surface area contributed by atoms with E-state index in [2.05, 4.69) is 65.6 Å². The summed E-state index contributed by atoms with van der Waals surface area (Å²) in [5.41, 5.74) is 9.41. The van der Waals surface area contributed by atoms with Gasteiger partial charge in [0, 0.05) is 33.3 Å². The first-order valence-corrected chi connectivity index (χ1v) is 12.6. The fourth-order valence-corrected chi connectivity index (χ4v) is 5.28. The molecule has 4 nitrogen and oxygen atoms in total. The van der Waals surface area contributed by atoms with Crippen molar-refractivity contribution in [2.24, 2.45) is 0 Å². The first-order valence-electron chi connectivity index (χ1n) is 12.6. The van der Waals surface area contributed by atoms with E-state index in [1.54, 1.807) is 6.20 Å². The molecule has 38 heavy (non-hydrogen) atoms. The zero-order valence-electron chi connectivity index (χ0n) is 20.3. The number of fused-ring (bicyclic) bond motifs is 6. The van der Waals surface area contributed by atoms with Gasteiger partial charge in [-0.1, -0.05) is 54.6 Å². The molecule has 0 atom stereocenters. The molecule has 0 saturated carbocycles. The number of hydrogen-bond acceptors (Lipinski definition) is 4. The van der Waals surface area contributed by atoms with E-state index in [4.69, 9.17) is 13.8 Å². The van der Waals surface area contributed by atoms with Gasteiger partial charge in [0.25, 0.3) is 0 Å². The molecule has 4 heteroatoms. The number of hydrogen-bond donors (Lipinski definition) is 0. The summed E-state index contributed by atoms with van der Waals surface area (Å²) >= 11 is 0. The predicted octanol–water partition coefficient (Wildman–Crippen LogP) is 9.28. The molecule has 0 spiro atoms. The summed E-state index contributed by atoms with van der Waals surface area (Å²) in [6, 6.07) is 39.1. The van der Waals surface area contributed by atoms with Crippen molar-refractivity contribution in [2.75, 3.05) is 0 Å². The van der Waals surface area contributed by atoms with Crippen molar-refractivity contribution in [1.29, 1.82) is 0 Å². The summed E-state index contributed by atoms with van der Waals surface area (Å²) in [6.07, 6.45) is 1.79. The number of aromatic nitrogens is 2. The monoisotopic (exact) mass is 488 g/mol. The van der Waals surface area contributed by atoms with Crippen molar-refractivity contribution in [1.82, 2.24) is 9.97 Å². The zero-order chi connectivity index (χ0) is 25.1. The highest BCUT2D eigenvalue weighted by molar-refractivity contribution is 6.15. The van der Waals surface area contributed by atoms with E-state index in [-0.39, 0.29) is 0 Å². The van der Waals surface area contributed by atoms with Crippen LogP contribution in [0.3, 0.4) is 0 Å². The molecule has 8 aromatic rings. The van der Waals surface area contributed by atoms with E-state index < -0.39 is 0 Å². The Labute approximate surface area is 217 Å². The minimum Gasteiger partial charge on any atom is -0.456 e.